The summed E-state index contributed by atoms with van der Waals surface area (Å²) < 4.78 is 2.31. The smallest absolute Gasteiger partial charge is 0.121 e. The van der Waals surface area contributed by atoms with Crippen LogP contribution in [-0.4, -0.2) is 9.55 Å². The van der Waals surface area contributed by atoms with E-state index in [0.29, 0.717) is 0 Å². The average Bonchev–Trinajstić information content (AvgIpc) is 3.31. The number of rotatable bonds is 5. The van der Waals surface area contributed by atoms with Gasteiger partial charge in [0.05, 0.1) is 12.0 Å². The van der Waals surface area contributed by atoms with Crippen molar-refractivity contribution >= 4 is 0 Å². The fraction of sp³-hybridized carbons (Fsp3) is 0.192. The molecular formula is C26H24N2. The first-order chi connectivity index (χ1) is 13.7. The molecule has 0 unspecified atom stereocenters. The number of benzene rings is 3. The van der Waals surface area contributed by atoms with Crippen molar-refractivity contribution in [3.63, 3.8) is 0 Å². The van der Waals surface area contributed by atoms with E-state index in [0.717, 1.165) is 0 Å². The second kappa shape index (κ2) is 6.49. The minimum Gasteiger partial charge on any atom is -0.319 e. The SMILES string of the molecule is CC1(c2cn(C(c3ccccc3)(c3ccccc3)c3ccccc3)cn2)CC1. The average molecular weight is 364 g/mol. The molecule has 1 aliphatic carbocycles. The van der Waals surface area contributed by atoms with E-state index in [1.807, 2.05) is 6.33 Å². The van der Waals surface area contributed by atoms with Crippen molar-refractivity contribution in [3.8, 4) is 0 Å². The zero-order valence-corrected chi connectivity index (χ0v) is 16.1. The van der Waals surface area contributed by atoms with E-state index in [4.69, 9.17) is 4.98 Å². The maximum Gasteiger partial charge on any atom is 0.121 e. The van der Waals surface area contributed by atoms with Crippen LogP contribution in [0.3, 0.4) is 0 Å². The summed E-state index contributed by atoms with van der Waals surface area (Å²) in [6.07, 6.45) is 6.73. The van der Waals surface area contributed by atoms with Gasteiger partial charge in [0.25, 0.3) is 0 Å². The minimum absolute atomic E-state index is 0.237. The van der Waals surface area contributed by atoms with Crippen LogP contribution in [0.5, 0.6) is 0 Å². The van der Waals surface area contributed by atoms with Gasteiger partial charge in [-0.1, -0.05) is 97.9 Å². The maximum atomic E-state index is 4.86. The molecule has 0 N–H and O–H groups in total. The predicted octanol–water partition coefficient (Wildman–Crippen LogP) is 5.77. The summed E-state index contributed by atoms with van der Waals surface area (Å²) in [4.78, 5) is 4.86. The Morgan fingerprint density at radius 1 is 0.714 bits per heavy atom. The van der Waals surface area contributed by atoms with Crippen molar-refractivity contribution in [2.45, 2.75) is 30.7 Å². The topological polar surface area (TPSA) is 17.8 Å². The van der Waals surface area contributed by atoms with Crippen LogP contribution >= 0.6 is 0 Å². The van der Waals surface area contributed by atoms with Gasteiger partial charge in [-0.05, 0) is 29.5 Å². The molecule has 0 bridgehead atoms. The zero-order chi connectivity index (χ0) is 19.0. The molecule has 0 aliphatic heterocycles. The lowest BCUT2D eigenvalue weighted by atomic mass is 9.76. The molecule has 1 heterocycles. The third kappa shape index (κ3) is 2.60. The third-order valence-corrected chi connectivity index (χ3v) is 6.16. The molecule has 0 atom stereocenters. The van der Waals surface area contributed by atoms with E-state index in [2.05, 4.69) is 109 Å². The van der Waals surface area contributed by atoms with Crippen LogP contribution in [0.1, 0.15) is 42.1 Å². The van der Waals surface area contributed by atoms with Crippen LogP contribution in [-0.2, 0) is 11.0 Å². The molecule has 3 aromatic carbocycles. The predicted molar refractivity (Wildman–Crippen MR) is 113 cm³/mol. The Kier molecular flexibility index (Phi) is 3.94. The molecule has 1 aliphatic rings. The summed E-state index contributed by atoms with van der Waals surface area (Å²) in [6, 6.07) is 32.3. The van der Waals surface area contributed by atoms with E-state index in [1.54, 1.807) is 0 Å². The molecule has 0 radical (unpaired) electrons. The maximum absolute atomic E-state index is 4.86. The molecule has 0 amide bonds. The lowest BCUT2D eigenvalue weighted by Crippen LogP contribution is -2.37. The van der Waals surface area contributed by atoms with Crippen molar-refractivity contribution in [1.29, 1.82) is 0 Å². The lowest BCUT2D eigenvalue weighted by molar-refractivity contribution is 0.513. The molecule has 1 fully saturated rings. The summed E-state index contributed by atoms with van der Waals surface area (Å²) in [5, 5.41) is 0. The summed E-state index contributed by atoms with van der Waals surface area (Å²) >= 11 is 0. The summed E-state index contributed by atoms with van der Waals surface area (Å²) in [7, 11) is 0. The highest BCUT2D eigenvalue weighted by Gasteiger charge is 2.43. The standard InChI is InChI=1S/C26H24N2/c1-25(17-18-25)24-19-28(20-27-24)26(21-11-5-2-6-12-21,22-13-7-3-8-14-22)23-15-9-4-10-16-23/h2-16,19-20H,17-18H2,1H3. The molecule has 28 heavy (non-hydrogen) atoms. The third-order valence-electron chi connectivity index (χ3n) is 6.16. The summed E-state index contributed by atoms with van der Waals surface area (Å²) in [6.45, 7) is 2.31. The van der Waals surface area contributed by atoms with Crippen LogP contribution in [0.4, 0.5) is 0 Å². The van der Waals surface area contributed by atoms with E-state index in [-0.39, 0.29) is 5.41 Å². The quantitative estimate of drug-likeness (QED) is 0.411. The number of aromatic nitrogens is 2. The molecule has 138 valence electrons. The van der Waals surface area contributed by atoms with Gasteiger partial charge in [-0.3, -0.25) is 0 Å². The molecule has 5 rings (SSSR count). The van der Waals surface area contributed by atoms with Gasteiger partial charge in [0.2, 0.25) is 0 Å². The number of hydrogen-bond donors (Lipinski definition) is 0. The fourth-order valence-corrected chi connectivity index (χ4v) is 4.25. The van der Waals surface area contributed by atoms with E-state index in [9.17, 15) is 0 Å². The van der Waals surface area contributed by atoms with Gasteiger partial charge in [0, 0.05) is 11.6 Å². The van der Waals surface area contributed by atoms with Crippen LogP contribution in [0, 0.1) is 0 Å². The van der Waals surface area contributed by atoms with Crippen LogP contribution < -0.4 is 0 Å². The highest BCUT2D eigenvalue weighted by molar-refractivity contribution is 5.50. The monoisotopic (exact) mass is 364 g/mol. The van der Waals surface area contributed by atoms with Gasteiger partial charge in [-0.15, -0.1) is 0 Å². The van der Waals surface area contributed by atoms with Crippen molar-refractivity contribution in [1.82, 2.24) is 9.55 Å². The highest BCUT2D eigenvalue weighted by Crippen LogP contribution is 2.48. The lowest BCUT2D eigenvalue weighted by Gasteiger charge is -2.37. The molecule has 4 aromatic rings. The van der Waals surface area contributed by atoms with E-state index >= 15 is 0 Å². The Morgan fingerprint density at radius 2 is 1.14 bits per heavy atom. The highest BCUT2D eigenvalue weighted by atomic mass is 15.1. The van der Waals surface area contributed by atoms with Crippen molar-refractivity contribution in [3.05, 3.63) is 126 Å². The normalized spacial score (nSPS) is 15.3. The van der Waals surface area contributed by atoms with Crippen LogP contribution in [0.25, 0.3) is 0 Å². The van der Waals surface area contributed by atoms with Gasteiger partial charge in [0.1, 0.15) is 5.54 Å². The number of hydrogen-bond acceptors (Lipinski definition) is 1. The molecule has 0 spiro atoms. The first-order valence-corrected chi connectivity index (χ1v) is 9.95. The number of nitrogens with zero attached hydrogens (tertiary/aromatic N) is 2. The Hall–Kier alpha value is -3.13. The van der Waals surface area contributed by atoms with Gasteiger partial charge in [0.15, 0.2) is 0 Å². The van der Waals surface area contributed by atoms with Gasteiger partial charge in [-0.25, -0.2) is 4.98 Å². The molecule has 2 nitrogen and oxygen atoms in total. The summed E-state index contributed by atoms with van der Waals surface area (Å²) in [5.41, 5.74) is 4.67. The van der Waals surface area contributed by atoms with Crippen LogP contribution in [0.15, 0.2) is 104 Å². The van der Waals surface area contributed by atoms with Crippen molar-refractivity contribution < 1.29 is 0 Å². The molecule has 2 heteroatoms. The Bertz CT molecular complexity index is 964. The largest absolute Gasteiger partial charge is 0.319 e. The minimum atomic E-state index is -0.458. The van der Waals surface area contributed by atoms with Gasteiger partial charge < -0.3 is 4.57 Å². The molecule has 1 aromatic heterocycles. The van der Waals surface area contributed by atoms with E-state index in [1.165, 1.54) is 35.2 Å². The van der Waals surface area contributed by atoms with Gasteiger partial charge in [-0.2, -0.15) is 0 Å². The Morgan fingerprint density at radius 3 is 1.54 bits per heavy atom. The second-order valence-corrected chi connectivity index (χ2v) is 8.04. The fourth-order valence-electron chi connectivity index (χ4n) is 4.25. The van der Waals surface area contributed by atoms with Gasteiger partial charge >= 0.3 is 0 Å². The Labute approximate surface area is 166 Å². The first kappa shape index (κ1) is 17.0. The van der Waals surface area contributed by atoms with Crippen molar-refractivity contribution in [2.24, 2.45) is 0 Å². The van der Waals surface area contributed by atoms with E-state index < -0.39 is 5.54 Å². The zero-order valence-electron chi connectivity index (χ0n) is 16.1. The second-order valence-electron chi connectivity index (χ2n) is 8.04. The number of imidazole rings is 1. The van der Waals surface area contributed by atoms with Crippen molar-refractivity contribution in [2.75, 3.05) is 0 Å². The molecule has 1 saturated carbocycles. The molecular weight excluding hydrogens is 340 g/mol. The van der Waals surface area contributed by atoms with Crippen LogP contribution in [0.2, 0.25) is 0 Å². The first-order valence-electron chi connectivity index (χ1n) is 9.95. The summed E-state index contributed by atoms with van der Waals surface area (Å²) in [5.74, 6) is 0. The molecule has 0 saturated heterocycles. The Balaban J connectivity index is 1.84.